The minimum Gasteiger partial charge on any atom is -0.507 e. The molecule has 2 aromatic carbocycles. The van der Waals surface area contributed by atoms with Crippen LogP contribution in [0.15, 0.2) is 30.3 Å². The number of hydrogen-bond acceptors (Lipinski definition) is 2. The smallest absolute Gasteiger partial charge is 0.123 e. The van der Waals surface area contributed by atoms with Crippen LogP contribution in [-0.4, -0.2) is 11.7 Å². The molecule has 0 aromatic heterocycles. The number of phenols is 1. The van der Waals surface area contributed by atoms with Crippen molar-refractivity contribution >= 4 is 16.5 Å². The number of aromatic hydroxyl groups is 1. The van der Waals surface area contributed by atoms with Crippen LogP contribution < -0.4 is 5.32 Å². The number of nitrogens with one attached hydrogen (secondary N) is 1. The quantitative estimate of drug-likeness (QED) is 0.661. The van der Waals surface area contributed by atoms with Gasteiger partial charge in [0, 0.05) is 17.6 Å². The summed E-state index contributed by atoms with van der Waals surface area (Å²) in [4.78, 5) is 0. The molecule has 0 saturated carbocycles. The maximum atomic E-state index is 9.68. The molecule has 2 heteroatoms. The zero-order valence-corrected chi connectivity index (χ0v) is 7.75. The van der Waals surface area contributed by atoms with Gasteiger partial charge in [0.2, 0.25) is 0 Å². The molecule has 1 heterocycles. The summed E-state index contributed by atoms with van der Waals surface area (Å²) in [5, 5.41) is 15.1. The maximum Gasteiger partial charge on any atom is 0.123 e. The first-order chi connectivity index (χ1) is 6.84. The topological polar surface area (TPSA) is 32.3 Å². The van der Waals surface area contributed by atoms with Gasteiger partial charge in [-0.15, -0.1) is 0 Å². The van der Waals surface area contributed by atoms with Crippen LogP contribution in [0.3, 0.4) is 0 Å². The van der Waals surface area contributed by atoms with Crippen molar-refractivity contribution in [3.05, 3.63) is 35.9 Å². The van der Waals surface area contributed by atoms with Gasteiger partial charge in [0.15, 0.2) is 0 Å². The molecule has 0 radical (unpaired) electrons. The molecule has 2 N–H and O–H groups in total. The summed E-state index contributed by atoms with van der Waals surface area (Å²) >= 11 is 0. The van der Waals surface area contributed by atoms with Gasteiger partial charge in [-0.2, -0.15) is 0 Å². The molecule has 2 nitrogen and oxygen atoms in total. The highest BCUT2D eigenvalue weighted by molar-refractivity contribution is 5.92. The van der Waals surface area contributed by atoms with E-state index < -0.39 is 0 Å². The van der Waals surface area contributed by atoms with Gasteiger partial charge in [0.1, 0.15) is 5.75 Å². The molecule has 0 aliphatic carbocycles. The lowest BCUT2D eigenvalue weighted by Crippen LogP contribution is -1.90. The minimum absolute atomic E-state index is 0.372. The molecule has 2 aromatic rings. The molecule has 0 fully saturated rings. The summed E-state index contributed by atoms with van der Waals surface area (Å²) in [6.45, 7) is 1.01. The third kappa shape index (κ3) is 0.970. The summed E-state index contributed by atoms with van der Waals surface area (Å²) in [5.74, 6) is 0.372. The van der Waals surface area contributed by atoms with Crippen molar-refractivity contribution in [2.75, 3.05) is 11.9 Å². The molecule has 14 heavy (non-hydrogen) atoms. The van der Waals surface area contributed by atoms with Crippen LogP contribution in [0.2, 0.25) is 0 Å². The standard InChI is InChI=1S/C12H11NO/c14-12-3-1-2-8-7-11-9(4-5-13-11)6-10(8)12/h1-3,6-7,13-14H,4-5H2. The van der Waals surface area contributed by atoms with E-state index in [0.717, 1.165) is 23.7 Å². The Kier molecular flexibility index (Phi) is 1.45. The summed E-state index contributed by atoms with van der Waals surface area (Å²) in [6, 6.07) is 9.82. The number of benzene rings is 2. The fraction of sp³-hybridized carbons (Fsp3) is 0.167. The van der Waals surface area contributed by atoms with Crippen LogP contribution in [0.25, 0.3) is 10.8 Å². The van der Waals surface area contributed by atoms with Gasteiger partial charge in [0.05, 0.1) is 0 Å². The van der Waals surface area contributed by atoms with Crippen molar-refractivity contribution in [3.63, 3.8) is 0 Å². The number of hydrogen-bond donors (Lipinski definition) is 2. The monoisotopic (exact) mass is 185 g/mol. The fourth-order valence-corrected chi connectivity index (χ4v) is 2.06. The Labute approximate surface area is 82.2 Å². The van der Waals surface area contributed by atoms with E-state index in [4.69, 9.17) is 0 Å². The van der Waals surface area contributed by atoms with Crippen molar-refractivity contribution in [1.82, 2.24) is 0 Å². The predicted molar refractivity (Wildman–Crippen MR) is 57.8 cm³/mol. The average molecular weight is 185 g/mol. The molecule has 0 unspecified atom stereocenters. The highest BCUT2D eigenvalue weighted by Gasteiger charge is 2.11. The van der Waals surface area contributed by atoms with Gasteiger partial charge < -0.3 is 10.4 Å². The summed E-state index contributed by atoms with van der Waals surface area (Å²) in [6.07, 6.45) is 1.06. The third-order valence-electron chi connectivity index (χ3n) is 2.79. The highest BCUT2D eigenvalue weighted by Crippen LogP contribution is 2.32. The van der Waals surface area contributed by atoms with Crippen molar-refractivity contribution in [2.45, 2.75) is 6.42 Å². The Balaban J connectivity index is 2.39. The zero-order valence-electron chi connectivity index (χ0n) is 7.75. The molecule has 70 valence electrons. The lowest BCUT2D eigenvalue weighted by atomic mass is 10.0. The Hall–Kier alpha value is -1.70. The highest BCUT2D eigenvalue weighted by atomic mass is 16.3. The molecule has 0 spiro atoms. The molecular formula is C12H11NO. The van der Waals surface area contributed by atoms with Gasteiger partial charge in [-0.25, -0.2) is 0 Å². The van der Waals surface area contributed by atoms with Crippen molar-refractivity contribution in [2.24, 2.45) is 0 Å². The van der Waals surface area contributed by atoms with E-state index in [1.165, 1.54) is 11.3 Å². The molecule has 3 rings (SSSR count). The van der Waals surface area contributed by atoms with Gasteiger partial charge in [-0.3, -0.25) is 0 Å². The van der Waals surface area contributed by atoms with E-state index in [0.29, 0.717) is 5.75 Å². The van der Waals surface area contributed by atoms with Crippen LogP contribution in [-0.2, 0) is 6.42 Å². The molecule has 0 saturated heterocycles. The maximum absolute atomic E-state index is 9.68. The summed E-state index contributed by atoms with van der Waals surface area (Å²) in [7, 11) is 0. The number of rotatable bonds is 0. The van der Waals surface area contributed by atoms with Crippen LogP contribution in [0.5, 0.6) is 5.75 Å². The van der Waals surface area contributed by atoms with E-state index >= 15 is 0 Å². The number of phenolic OH excluding ortho intramolecular Hbond substituents is 1. The lowest BCUT2D eigenvalue weighted by molar-refractivity contribution is 0.481. The molecule has 0 bridgehead atoms. The van der Waals surface area contributed by atoms with Crippen molar-refractivity contribution in [1.29, 1.82) is 0 Å². The second-order valence-corrected chi connectivity index (χ2v) is 3.68. The second-order valence-electron chi connectivity index (χ2n) is 3.68. The molecule has 0 atom stereocenters. The van der Waals surface area contributed by atoms with E-state index in [1.807, 2.05) is 12.1 Å². The Morgan fingerprint density at radius 3 is 3.07 bits per heavy atom. The number of fused-ring (bicyclic) bond motifs is 2. The van der Waals surface area contributed by atoms with Gasteiger partial charge in [-0.1, -0.05) is 12.1 Å². The van der Waals surface area contributed by atoms with Gasteiger partial charge in [0.25, 0.3) is 0 Å². The molecule has 0 amide bonds. The van der Waals surface area contributed by atoms with E-state index in [-0.39, 0.29) is 0 Å². The van der Waals surface area contributed by atoms with E-state index in [9.17, 15) is 5.11 Å². The summed E-state index contributed by atoms with van der Waals surface area (Å²) < 4.78 is 0. The summed E-state index contributed by atoms with van der Waals surface area (Å²) in [5.41, 5.74) is 2.52. The first-order valence-corrected chi connectivity index (χ1v) is 4.83. The first kappa shape index (κ1) is 7.68. The average Bonchev–Trinajstić information content (AvgIpc) is 2.62. The SMILES string of the molecule is Oc1cccc2cc3c(cc12)CCN3. The van der Waals surface area contributed by atoms with Crippen LogP contribution in [0.1, 0.15) is 5.56 Å². The largest absolute Gasteiger partial charge is 0.507 e. The molecule has 1 aliphatic rings. The van der Waals surface area contributed by atoms with Crippen molar-refractivity contribution < 1.29 is 5.11 Å². The Morgan fingerprint density at radius 1 is 1.21 bits per heavy atom. The normalized spacial score (nSPS) is 14.0. The number of anilines is 1. The first-order valence-electron chi connectivity index (χ1n) is 4.83. The minimum atomic E-state index is 0.372. The van der Waals surface area contributed by atoms with Gasteiger partial charge in [-0.05, 0) is 35.6 Å². The molecule has 1 aliphatic heterocycles. The fourth-order valence-electron chi connectivity index (χ4n) is 2.06. The Morgan fingerprint density at radius 2 is 2.14 bits per heavy atom. The predicted octanol–water partition coefficient (Wildman–Crippen LogP) is 2.51. The third-order valence-corrected chi connectivity index (χ3v) is 2.79. The van der Waals surface area contributed by atoms with Crippen molar-refractivity contribution in [3.8, 4) is 5.75 Å². The zero-order chi connectivity index (χ0) is 9.54. The molecular weight excluding hydrogens is 174 g/mol. The lowest BCUT2D eigenvalue weighted by Gasteiger charge is -2.04. The van der Waals surface area contributed by atoms with E-state index in [2.05, 4.69) is 17.4 Å². The van der Waals surface area contributed by atoms with Gasteiger partial charge >= 0.3 is 0 Å². The van der Waals surface area contributed by atoms with Crippen LogP contribution in [0, 0.1) is 0 Å². The second kappa shape index (κ2) is 2.64. The van der Waals surface area contributed by atoms with Crippen LogP contribution in [0.4, 0.5) is 5.69 Å². The van der Waals surface area contributed by atoms with Crippen LogP contribution >= 0.6 is 0 Å². The Bertz CT molecular complexity index is 505. The van der Waals surface area contributed by atoms with E-state index in [1.54, 1.807) is 6.07 Å².